The van der Waals surface area contributed by atoms with E-state index in [1.54, 1.807) is 6.07 Å². The van der Waals surface area contributed by atoms with Crippen molar-refractivity contribution in [3.8, 4) is 11.5 Å². The van der Waals surface area contributed by atoms with Crippen molar-refractivity contribution in [3.05, 3.63) is 82.9 Å². The molecule has 0 aliphatic carbocycles. The number of carboxylic acid groups (broad SMARTS) is 1. The lowest BCUT2D eigenvalue weighted by atomic mass is 10.0. The molecule has 0 saturated carbocycles. The van der Waals surface area contributed by atoms with Crippen LogP contribution in [-0.4, -0.2) is 56.5 Å². The number of nitro groups is 1. The average Bonchev–Trinajstić information content (AvgIpc) is 2.91. The molecular formula is C27H26N6O5. The summed E-state index contributed by atoms with van der Waals surface area (Å²) in [6.07, 6.45) is 1.44. The number of nitrogens with one attached hydrogen (secondary N) is 2. The molecule has 1 aromatic heterocycles. The summed E-state index contributed by atoms with van der Waals surface area (Å²) in [5, 5.41) is 27.6. The second-order valence-corrected chi connectivity index (χ2v) is 9.01. The molecule has 3 aromatic carbocycles. The van der Waals surface area contributed by atoms with Gasteiger partial charge in [0, 0.05) is 42.3 Å². The quantitative estimate of drug-likeness (QED) is 0.205. The van der Waals surface area contributed by atoms with Gasteiger partial charge in [-0.25, -0.2) is 4.98 Å². The molecule has 0 unspecified atom stereocenters. The van der Waals surface area contributed by atoms with Gasteiger partial charge in [0.25, 0.3) is 5.69 Å². The van der Waals surface area contributed by atoms with Crippen molar-refractivity contribution >= 4 is 40.0 Å². The number of piperidine rings is 1. The SMILES string of the molecule is O=C(O)CN1CCC(Nc2nc(Nc3ccc(Oc4ccccc4)cc3)nc3ccc([N+](=O)[O-])cc23)CC1. The highest BCUT2D eigenvalue weighted by molar-refractivity contribution is 5.92. The van der Waals surface area contributed by atoms with Gasteiger partial charge in [-0.05, 0) is 55.3 Å². The first kappa shape index (κ1) is 24.9. The van der Waals surface area contributed by atoms with Gasteiger partial charge in [-0.15, -0.1) is 0 Å². The first-order chi connectivity index (χ1) is 18.4. The summed E-state index contributed by atoms with van der Waals surface area (Å²) < 4.78 is 5.84. The molecule has 2 heterocycles. The molecular weight excluding hydrogens is 488 g/mol. The van der Waals surface area contributed by atoms with Crippen LogP contribution in [0.5, 0.6) is 11.5 Å². The molecule has 1 saturated heterocycles. The lowest BCUT2D eigenvalue weighted by molar-refractivity contribution is -0.384. The number of benzene rings is 3. The van der Waals surface area contributed by atoms with E-state index in [2.05, 4.69) is 20.6 Å². The Kier molecular flexibility index (Phi) is 7.27. The van der Waals surface area contributed by atoms with Gasteiger partial charge in [-0.3, -0.25) is 19.8 Å². The van der Waals surface area contributed by atoms with Crippen LogP contribution in [0.1, 0.15) is 12.8 Å². The zero-order valence-electron chi connectivity index (χ0n) is 20.4. The molecule has 194 valence electrons. The van der Waals surface area contributed by atoms with Crippen LogP contribution in [-0.2, 0) is 4.79 Å². The van der Waals surface area contributed by atoms with Crippen LogP contribution in [0.3, 0.4) is 0 Å². The third kappa shape index (κ3) is 6.13. The molecule has 1 aliphatic rings. The van der Waals surface area contributed by atoms with Gasteiger partial charge in [0.15, 0.2) is 0 Å². The molecule has 11 nitrogen and oxygen atoms in total. The molecule has 5 rings (SSSR count). The summed E-state index contributed by atoms with van der Waals surface area (Å²) in [5.41, 5.74) is 1.26. The number of rotatable bonds is 9. The van der Waals surface area contributed by atoms with Crippen molar-refractivity contribution in [2.24, 2.45) is 0 Å². The van der Waals surface area contributed by atoms with E-state index >= 15 is 0 Å². The van der Waals surface area contributed by atoms with Gasteiger partial charge in [0.05, 0.1) is 17.0 Å². The van der Waals surface area contributed by atoms with Crippen molar-refractivity contribution in [2.75, 3.05) is 30.3 Å². The molecule has 3 N–H and O–H groups in total. The number of aromatic nitrogens is 2. The van der Waals surface area contributed by atoms with E-state index in [-0.39, 0.29) is 18.3 Å². The number of non-ortho nitro benzene ring substituents is 1. The minimum Gasteiger partial charge on any atom is -0.480 e. The van der Waals surface area contributed by atoms with Crippen LogP contribution in [0.25, 0.3) is 10.9 Å². The highest BCUT2D eigenvalue weighted by Crippen LogP contribution is 2.30. The standard InChI is InChI=1S/C27H26N6O5/c34-25(35)17-32-14-12-19(13-15-32)28-26-23-16-20(33(36)37)8-11-24(23)30-27(31-26)29-18-6-9-22(10-7-18)38-21-4-2-1-3-5-21/h1-11,16,19H,12-15,17H2,(H,34,35)(H2,28,29,30,31). The Bertz CT molecular complexity index is 1440. The number of anilines is 3. The summed E-state index contributed by atoms with van der Waals surface area (Å²) in [4.78, 5) is 33.1. The van der Waals surface area contributed by atoms with Crippen LogP contribution < -0.4 is 15.4 Å². The molecule has 38 heavy (non-hydrogen) atoms. The number of aliphatic carboxylic acids is 1. The van der Waals surface area contributed by atoms with Crippen molar-refractivity contribution in [1.82, 2.24) is 14.9 Å². The topological polar surface area (TPSA) is 143 Å². The largest absolute Gasteiger partial charge is 0.480 e. The third-order valence-electron chi connectivity index (χ3n) is 6.27. The molecule has 4 aromatic rings. The summed E-state index contributed by atoms with van der Waals surface area (Å²) in [6, 6.07) is 21.4. The summed E-state index contributed by atoms with van der Waals surface area (Å²) in [7, 11) is 0. The first-order valence-corrected chi connectivity index (χ1v) is 12.2. The van der Waals surface area contributed by atoms with E-state index in [1.807, 2.05) is 59.5 Å². The maximum atomic E-state index is 11.4. The number of hydrogen-bond acceptors (Lipinski definition) is 9. The molecule has 0 atom stereocenters. The van der Waals surface area contributed by atoms with Crippen molar-refractivity contribution in [1.29, 1.82) is 0 Å². The lowest BCUT2D eigenvalue weighted by Crippen LogP contribution is -2.41. The predicted molar refractivity (Wildman–Crippen MR) is 143 cm³/mol. The number of nitro benzene ring substituents is 1. The molecule has 1 fully saturated rings. The number of hydrogen-bond donors (Lipinski definition) is 3. The molecule has 11 heteroatoms. The van der Waals surface area contributed by atoms with Crippen LogP contribution in [0, 0.1) is 10.1 Å². The van der Waals surface area contributed by atoms with Crippen LogP contribution >= 0.6 is 0 Å². The van der Waals surface area contributed by atoms with E-state index in [1.165, 1.54) is 12.1 Å². The fraction of sp³-hybridized carbons (Fsp3) is 0.222. The molecule has 0 amide bonds. The average molecular weight is 515 g/mol. The van der Waals surface area contributed by atoms with Crippen molar-refractivity contribution in [3.63, 3.8) is 0 Å². The number of carbonyl (C=O) groups is 1. The van der Waals surface area contributed by atoms with Crippen molar-refractivity contribution in [2.45, 2.75) is 18.9 Å². The van der Waals surface area contributed by atoms with Crippen LogP contribution in [0.4, 0.5) is 23.1 Å². The number of carboxylic acids is 1. The Morgan fingerprint density at radius 2 is 1.74 bits per heavy atom. The Morgan fingerprint density at radius 1 is 1.03 bits per heavy atom. The first-order valence-electron chi connectivity index (χ1n) is 12.2. The minimum atomic E-state index is -0.846. The minimum absolute atomic E-state index is 0.0125. The highest BCUT2D eigenvalue weighted by atomic mass is 16.6. The Balaban J connectivity index is 1.36. The van der Waals surface area contributed by atoms with E-state index in [0.29, 0.717) is 41.5 Å². The lowest BCUT2D eigenvalue weighted by Gasteiger charge is -2.31. The Labute approximate surface area is 218 Å². The van der Waals surface area contributed by atoms with Crippen molar-refractivity contribution < 1.29 is 19.6 Å². The number of fused-ring (bicyclic) bond motifs is 1. The predicted octanol–water partition coefficient (Wildman–Crippen LogP) is 5.03. The number of ether oxygens (including phenoxy) is 1. The smallest absolute Gasteiger partial charge is 0.317 e. The molecule has 0 spiro atoms. The Morgan fingerprint density at radius 3 is 2.42 bits per heavy atom. The van der Waals surface area contributed by atoms with Crippen LogP contribution in [0.2, 0.25) is 0 Å². The fourth-order valence-electron chi connectivity index (χ4n) is 4.38. The maximum Gasteiger partial charge on any atom is 0.317 e. The zero-order chi connectivity index (χ0) is 26.5. The normalized spacial score (nSPS) is 14.2. The maximum absolute atomic E-state index is 11.4. The van der Waals surface area contributed by atoms with Gasteiger partial charge < -0.3 is 20.5 Å². The number of para-hydroxylation sites is 1. The van der Waals surface area contributed by atoms with Gasteiger partial charge in [-0.1, -0.05) is 18.2 Å². The van der Waals surface area contributed by atoms with Gasteiger partial charge in [0.2, 0.25) is 5.95 Å². The van der Waals surface area contributed by atoms with Gasteiger partial charge in [-0.2, -0.15) is 4.98 Å². The van der Waals surface area contributed by atoms with E-state index in [0.717, 1.165) is 24.3 Å². The van der Waals surface area contributed by atoms with E-state index in [9.17, 15) is 14.9 Å². The van der Waals surface area contributed by atoms with E-state index in [4.69, 9.17) is 9.84 Å². The molecule has 1 aliphatic heterocycles. The monoisotopic (exact) mass is 514 g/mol. The highest BCUT2D eigenvalue weighted by Gasteiger charge is 2.22. The second-order valence-electron chi connectivity index (χ2n) is 9.01. The van der Waals surface area contributed by atoms with E-state index < -0.39 is 10.9 Å². The Hall–Kier alpha value is -4.77. The number of likely N-dealkylation sites (tertiary alicyclic amines) is 1. The third-order valence-corrected chi connectivity index (χ3v) is 6.27. The second kappa shape index (κ2) is 11.1. The summed E-state index contributed by atoms with van der Waals surface area (Å²) in [5.74, 6) is 1.41. The summed E-state index contributed by atoms with van der Waals surface area (Å²) >= 11 is 0. The van der Waals surface area contributed by atoms with Crippen LogP contribution in [0.15, 0.2) is 72.8 Å². The van der Waals surface area contributed by atoms with Gasteiger partial charge >= 0.3 is 5.97 Å². The fourth-order valence-corrected chi connectivity index (χ4v) is 4.38. The molecule has 0 radical (unpaired) electrons. The summed E-state index contributed by atoms with van der Waals surface area (Å²) in [6.45, 7) is 1.28. The zero-order valence-corrected chi connectivity index (χ0v) is 20.4. The number of nitrogens with zero attached hydrogens (tertiary/aromatic N) is 4. The molecule has 0 bridgehead atoms. The van der Waals surface area contributed by atoms with Gasteiger partial charge in [0.1, 0.15) is 17.3 Å².